The highest BCUT2D eigenvalue weighted by Gasteiger charge is 2.25. The van der Waals surface area contributed by atoms with E-state index >= 15 is 0 Å². The molecule has 1 fully saturated rings. The summed E-state index contributed by atoms with van der Waals surface area (Å²) < 4.78 is 28.8. The van der Waals surface area contributed by atoms with Crippen molar-refractivity contribution in [2.75, 3.05) is 50.9 Å². The standard InChI is InChI=1S/C14H24BrN5O2S/c1-18(2)12-5-7-20(8-6-12)14-13(9-11(15)10-16-14)17-23(21,22)19(3)4/h9-10,12,17H,5-8H2,1-4H3. The van der Waals surface area contributed by atoms with Crippen molar-refractivity contribution in [1.82, 2.24) is 14.2 Å². The number of piperidine rings is 1. The molecule has 2 rings (SSSR count). The summed E-state index contributed by atoms with van der Waals surface area (Å²) in [5, 5.41) is 0. The molecule has 1 aromatic rings. The van der Waals surface area contributed by atoms with Crippen molar-refractivity contribution < 1.29 is 8.42 Å². The Labute approximate surface area is 147 Å². The molecule has 1 N–H and O–H groups in total. The number of halogens is 1. The zero-order valence-corrected chi connectivity index (χ0v) is 16.4. The zero-order chi connectivity index (χ0) is 17.2. The third kappa shape index (κ3) is 4.56. The van der Waals surface area contributed by atoms with Crippen molar-refractivity contribution in [3.05, 3.63) is 16.7 Å². The van der Waals surface area contributed by atoms with Crippen LogP contribution in [0.5, 0.6) is 0 Å². The number of aromatic nitrogens is 1. The van der Waals surface area contributed by atoms with Crippen LogP contribution in [0.3, 0.4) is 0 Å². The maximum Gasteiger partial charge on any atom is 0.301 e. The normalized spacial score (nSPS) is 17.1. The first-order valence-corrected chi connectivity index (χ1v) is 9.71. The molecular formula is C14H24BrN5O2S. The summed E-state index contributed by atoms with van der Waals surface area (Å²) in [6.07, 6.45) is 3.76. The van der Waals surface area contributed by atoms with Crippen molar-refractivity contribution in [2.24, 2.45) is 0 Å². The van der Waals surface area contributed by atoms with Crippen molar-refractivity contribution in [1.29, 1.82) is 0 Å². The first kappa shape index (κ1) is 18.4. The lowest BCUT2D eigenvalue weighted by molar-refractivity contribution is 0.249. The summed E-state index contributed by atoms with van der Waals surface area (Å²) in [6, 6.07) is 2.31. The number of anilines is 2. The number of nitrogens with zero attached hydrogens (tertiary/aromatic N) is 4. The lowest BCUT2D eigenvalue weighted by Gasteiger charge is -2.36. The third-order valence-electron chi connectivity index (χ3n) is 4.05. The van der Waals surface area contributed by atoms with Crippen molar-refractivity contribution in [2.45, 2.75) is 18.9 Å². The van der Waals surface area contributed by atoms with Crippen molar-refractivity contribution in [3.8, 4) is 0 Å². The first-order chi connectivity index (χ1) is 10.7. The average Bonchev–Trinajstić information content (AvgIpc) is 2.47. The van der Waals surface area contributed by atoms with E-state index < -0.39 is 10.2 Å². The Morgan fingerprint density at radius 3 is 2.39 bits per heavy atom. The highest BCUT2D eigenvalue weighted by atomic mass is 79.9. The second kappa shape index (κ2) is 7.33. The smallest absolute Gasteiger partial charge is 0.301 e. The molecule has 2 heterocycles. The van der Waals surface area contributed by atoms with Crippen molar-refractivity contribution >= 4 is 37.6 Å². The van der Waals surface area contributed by atoms with Crippen molar-refractivity contribution in [3.63, 3.8) is 0 Å². The Balaban J connectivity index is 2.23. The quantitative estimate of drug-likeness (QED) is 0.805. The SMILES string of the molecule is CN(C)C1CCN(c2ncc(Br)cc2NS(=O)(=O)N(C)C)CC1. The molecule has 1 saturated heterocycles. The van der Waals surface area contributed by atoms with Crippen LogP contribution in [0.4, 0.5) is 11.5 Å². The molecule has 0 aliphatic carbocycles. The molecular weight excluding hydrogens is 382 g/mol. The highest BCUT2D eigenvalue weighted by molar-refractivity contribution is 9.10. The van der Waals surface area contributed by atoms with Gasteiger partial charge in [-0.1, -0.05) is 0 Å². The number of nitrogens with one attached hydrogen (secondary N) is 1. The molecule has 1 aliphatic rings. The average molecular weight is 406 g/mol. The van der Waals surface area contributed by atoms with Gasteiger partial charge >= 0.3 is 10.2 Å². The summed E-state index contributed by atoms with van der Waals surface area (Å²) in [5.74, 6) is 0.677. The molecule has 0 bridgehead atoms. The molecule has 130 valence electrons. The molecule has 0 spiro atoms. The van der Waals surface area contributed by atoms with E-state index in [9.17, 15) is 8.42 Å². The van der Waals surface area contributed by atoms with Gasteiger partial charge in [0.2, 0.25) is 0 Å². The minimum Gasteiger partial charge on any atom is -0.355 e. The minimum absolute atomic E-state index is 0.497. The van der Waals surface area contributed by atoms with Crippen LogP contribution in [0.25, 0.3) is 0 Å². The lowest BCUT2D eigenvalue weighted by Crippen LogP contribution is -2.42. The second-order valence-corrected chi connectivity index (χ2v) is 8.90. The summed E-state index contributed by atoms with van der Waals surface area (Å²) in [4.78, 5) is 8.81. The van der Waals surface area contributed by atoms with Gasteiger partial charge in [-0.05, 0) is 48.9 Å². The van der Waals surface area contributed by atoms with E-state index in [0.29, 0.717) is 17.5 Å². The van der Waals surface area contributed by atoms with Crippen LogP contribution in [0.2, 0.25) is 0 Å². The molecule has 1 aliphatic heterocycles. The molecule has 0 amide bonds. The number of rotatable bonds is 5. The number of pyridine rings is 1. The maximum atomic E-state index is 12.1. The van der Waals surface area contributed by atoms with Crippen LogP contribution in [-0.4, -0.2) is 69.9 Å². The van der Waals surface area contributed by atoms with E-state index in [4.69, 9.17) is 0 Å². The maximum absolute atomic E-state index is 12.1. The van der Waals surface area contributed by atoms with Gasteiger partial charge in [0.15, 0.2) is 5.82 Å². The Bertz CT molecular complexity index is 643. The lowest BCUT2D eigenvalue weighted by atomic mass is 10.0. The van der Waals surface area contributed by atoms with E-state index in [2.05, 4.69) is 49.5 Å². The summed E-state index contributed by atoms with van der Waals surface area (Å²) >= 11 is 3.36. The van der Waals surface area contributed by atoms with Gasteiger partial charge in [-0.2, -0.15) is 12.7 Å². The van der Waals surface area contributed by atoms with Crippen LogP contribution in [0, 0.1) is 0 Å². The fourth-order valence-electron chi connectivity index (χ4n) is 2.58. The molecule has 0 aromatic carbocycles. The predicted molar refractivity (Wildman–Crippen MR) is 97.1 cm³/mol. The van der Waals surface area contributed by atoms with Gasteiger partial charge in [0.05, 0.1) is 5.69 Å². The Morgan fingerprint density at radius 1 is 1.26 bits per heavy atom. The summed E-state index contributed by atoms with van der Waals surface area (Å²) in [6.45, 7) is 1.71. The van der Waals surface area contributed by atoms with Gasteiger partial charge in [-0.3, -0.25) is 4.72 Å². The molecule has 1 aromatic heterocycles. The van der Waals surface area contributed by atoms with Gasteiger partial charge in [-0.25, -0.2) is 4.98 Å². The second-order valence-electron chi connectivity index (χ2n) is 6.10. The van der Waals surface area contributed by atoms with Gasteiger partial charge in [0, 0.05) is 43.9 Å². The third-order valence-corrected chi connectivity index (χ3v) is 5.92. The molecule has 0 unspecified atom stereocenters. The van der Waals surface area contributed by atoms with Crippen LogP contribution in [-0.2, 0) is 10.2 Å². The van der Waals surface area contributed by atoms with Gasteiger partial charge < -0.3 is 9.80 Å². The van der Waals surface area contributed by atoms with Crippen LogP contribution < -0.4 is 9.62 Å². The molecule has 23 heavy (non-hydrogen) atoms. The van der Waals surface area contributed by atoms with Crippen LogP contribution in [0.15, 0.2) is 16.7 Å². The van der Waals surface area contributed by atoms with E-state index in [-0.39, 0.29) is 0 Å². The number of hydrogen-bond acceptors (Lipinski definition) is 5. The predicted octanol–water partition coefficient (Wildman–Crippen LogP) is 1.59. The fourth-order valence-corrected chi connectivity index (χ4v) is 3.53. The van der Waals surface area contributed by atoms with Gasteiger partial charge in [0.25, 0.3) is 0 Å². The molecule has 0 saturated carbocycles. The number of hydrogen-bond donors (Lipinski definition) is 1. The van der Waals surface area contributed by atoms with Gasteiger partial charge in [-0.15, -0.1) is 0 Å². The molecule has 9 heteroatoms. The highest BCUT2D eigenvalue weighted by Crippen LogP contribution is 2.30. The summed E-state index contributed by atoms with van der Waals surface area (Å²) in [7, 11) is 3.61. The van der Waals surface area contributed by atoms with Crippen LogP contribution in [0.1, 0.15) is 12.8 Å². The molecule has 7 nitrogen and oxygen atoms in total. The monoisotopic (exact) mass is 405 g/mol. The van der Waals surface area contributed by atoms with E-state index in [0.717, 1.165) is 34.7 Å². The molecule has 0 atom stereocenters. The van der Waals surface area contributed by atoms with Gasteiger partial charge in [0.1, 0.15) is 0 Å². The Kier molecular flexibility index (Phi) is 5.88. The van der Waals surface area contributed by atoms with E-state index in [1.807, 2.05) is 0 Å². The minimum atomic E-state index is -3.57. The fraction of sp³-hybridized carbons (Fsp3) is 0.643. The topological polar surface area (TPSA) is 68.8 Å². The Morgan fingerprint density at radius 2 is 1.87 bits per heavy atom. The molecule has 0 radical (unpaired) electrons. The largest absolute Gasteiger partial charge is 0.355 e. The van der Waals surface area contributed by atoms with Crippen LogP contribution >= 0.6 is 15.9 Å². The Hall–Kier alpha value is -0.900. The first-order valence-electron chi connectivity index (χ1n) is 7.48. The van der Waals surface area contributed by atoms with E-state index in [1.54, 1.807) is 12.3 Å². The summed E-state index contributed by atoms with van der Waals surface area (Å²) in [5.41, 5.74) is 0.497. The van der Waals surface area contributed by atoms with E-state index in [1.165, 1.54) is 14.1 Å². The zero-order valence-electron chi connectivity index (χ0n) is 14.0.